The number of allylic oxidation sites excluding steroid dienone is 1. The van der Waals surface area contributed by atoms with Gasteiger partial charge in [0.1, 0.15) is 18.1 Å². The topological polar surface area (TPSA) is 44.7 Å². The summed E-state index contributed by atoms with van der Waals surface area (Å²) < 4.78 is 6.10. The van der Waals surface area contributed by atoms with Crippen LogP contribution in [-0.4, -0.2) is 49.3 Å². The van der Waals surface area contributed by atoms with Crippen LogP contribution in [0.2, 0.25) is 0 Å². The Hall–Kier alpha value is -3.86. The van der Waals surface area contributed by atoms with Crippen molar-refractivity contribution in [2.45, 2.75) is 13.3 Å². The van der Waals surface area contributed by atoms with Gasteiger partial charge in [0.15, 0.2) is 0 Å². The van der Waals surface area contributed by atoms with Crippen molar-refractivity contribution in [3.8, 4) is 22.6 Å². The molecule has 0 aromatic heterocycles. The van der Waals surface area contributed by atoms with Crippen molar-refractivity contribution < 1.29 is 9.84 Å². The van der Waals surface area contributed by atoms with Crippen molar-refractivity contribution in [2.75, 3.05) is 39.3 Å². The van der Waals surface area contributed by atoms with Crippen molar-refractivity contribution in [3.05, 3.63) is 120 Å². The summed E-state index contributed by atoms with van der Waals surface area (Å²) in [6.07, 6.45) is 0.919. The number of phenols is 1. The second-order valence-electron chi connectivity index (χ2n) is 9.66. The molecular weight excluding hydrogens is 468 g/mol. The third-order valence-electron chi connectivity index (χ3n) is 7.18. The van der Waals surface area contributed by atoms with Crippen molar-refractivity contribution in [3.63, 3.8) is 0 Å². The average molecular weight is 505 g/mol. The van der Waals surface area contributed by atoms with Gasteiger partial charge in [-0.3, -0.25) is 4.90 Å². The van der Waals surface area contributed by atoms with Crippen LogP contribution in [0.1, 0.15) is 30.0 Å². The predicted octanol–water partition coefficient (Wildman–Crippen LogP) is 6.71. The highest BCUT2D eigenvalue weighted by molar-refractivity contribution is 5.98. The summed E-state index contributed by atoms with van der Waals surface area (Å²) in [5, 5.41) is 13.0. The number of nitrogens with one attached hydrogen (secondary N) is 1. The van der Waals surface area contributed by atoms with Gasteiger partial charge in [0.05, 0.1) is 0 Å². The Morgan fingerprint density at radius 1 is 0.737 bits per heavy atom. The van der Waals surface area contributed by atoms with E-state index in [0.717, 1.165) is 56.0 Å². The Morgan fingerprint density at radius 3 is 1.92 bits per heavy atom. The number of aromatic hydroxyl groups is 1. The molecule has 1 fully saturated rings. The molecule has 1 aliphatic heterocycles. The quantitative estimate of drug-likeness (QED) is 0.249. The van der Waals surface area contributed by atoms with E-state index >= 15 is 0 Å². The van der Waals surface area contributed by atoms with Gasteiger partial charge in [0.25, 0.3) is 0 Å². The van der Waals surface area contributed by atoms with Crippen LogP contribution in [0.3, 0.4) is 0 Å². The third-order valence-corrected chi connectivity index (χ3v) is 7.18. The normalized spacial score (nSPS) is 14.7. The summed E-state index contributed by atoms with van der Waals surface area (Å²) in [5.41, 5.74) is 8.36. The van der Waals surface area contributed by atoms with Gasteiger partial charge in [-0.25, -0.2) is 0 Å². The van der Waals surface area contributed by atoms with Gasteiger partial charge in [-0.2, -0.15) is 0 Å². The molecule has 1 heterocycles. The molecule has 38 heavy (non-hydrogen) atoms. The highest BCUT2D eigenvalue weighted by Crippen LogP contribution is 2.36. The van der Waals surface area contributed by atoms with Crippen LogP contribution in [0.15, 0.2) is 103 Å². The maximum absolute atomic E-state index is 9.65. The van der Waals surface area contributed by atoms with E-state index in [1.54, 1.807) is 12.1 Å². The fraction of sp³-hybridized carbons (Fsp3) is 0.235. The molecule has 0 saturated carbocycles. The Morgan fingerprint density at radius 2 is 1.32 bits per heavy atom. The van der Waals surface area contributed by atoms with Gasteiger partial charge < -0.3 is 15.2 Å². The fourth-order valence-electron chi connectivity index (χ4n) is 5.11. The van der Waals surface area contributed by atoms with E-state index in [1.165, 1.54) is 27.8 Å². The molecule has 4 aromatic rings. The third kappa shape index (κ3) is 6.34. The molecule has 4 nitrogen and oxygen atoms in total. The molecule has 194 valence electrons. The van der Waals surface area contributed by atoms with Crippen molar-refractivity contribution in [2.24, 2.45) is 0 Å². The maximum Gasteiger partial charge on any atom is 0.119 e. The number of rotatable bonds is 9. The standard InChI is InChI=1S/C34H36N2O2/c1-2-33(28-6-4-3-5-7-28)34(29-10-8-26(9-11-29)27-12-16-31(37)17-13-27)30-14-18-32(19-15-30)38-25-24-36-22-20-35-21-23-36/h3-19,35,37H,2,20-25H2,1H3. The van der Waals surface area contributed by atoms with E-state index in [1.807, 2.05) is 12.1 Å². The molecule has 0 bridgehead atoms. The number of piperazine rings is 1. The maximum atomic E-state index is 9.65. The lowest BCUT2D eigenvalue weighted by Gasteiger charge is -2.26. The van der Waals surface area contributed by atoms with E-state index in [4.69, 9.17) is 4.74 Å². The van der Waals surface area contributed by atoms with Crippen LogP contribution >= 0.6 is 0 Å². The van der Waals surface area contributed by atoms with Gasteiger partial charge in [-0.15, -0.1) is 0 Å². The lowest BCUT2D eigenvalue weighted by Crippen LogP contribution is -2.44. The fourth-order valence-corrected chi connectivity index (χ4v) is 5.11. The summed E-state index contributed by atoms with van der Waals surface area (Å²) in [4.78, 5) is 2.45. The molecule has 4 heteroatoms. The number of hydrogen-bond donors (Lipinski definition) is 2. The van der Waals surface area contributed by atoms with E-state index < -0.39 is 0 Å². The van der Waals surface area contributed by atoms with Crippen LogP contribution in [0.4, 0.5) is 0 Å². The number of ether oxygens (including phenoxy) is 1. The van der Waals surface area contributed by atoms with Crippen molar-refractivity contribution in [1.82, 2.24) is 10.2 Å². The Labute approximate surface area is 226 Å². The number of hydrogen-bond acceptors (Lipinski definition) is 4. The summed E-state index contributed by atoms with van der Waals surface area (Å²) in [6.45, 7) is 8.16. The minimum absolute atomic E-state index is 0.280. The predicted molar refractivity (Wildman–Crippen MR) is 157 cm³/mol. The molecular formula is C34H36N2O2. The largest absolute Gasteiger partial charge is 0.508 e. The zero-order valence-corrected chi connectivity index (χ0v) is 22.1. The summed E-state index contributed by atoms with van der Waals surface area (Å²) in [7, 11) is 0. The first-order valence-electron chi connectivity index (χ1n) is 13.6. The molecule has 0 atom stereocenters. The van der Waals surface area contributed by atoms with Crippen LogP contribution in [0.5, 0.6) is 11.5 Å². The second-order valence-corrected chi connectivity index (χ2v) is 9.66. The van der Waals surface area contributed by atoms with E-state index in [0.29, 0.717) is 6.61 Å². The van der Waals surface area contributed by atoms with Crippen LogP contribution in [0, 0.1) is 0 Å². The minimum atomic E-state index is 0.280. The van der Waals surface area contributed by atoms with Gasteiger partial charge in [-0.1, -0.05) is 85.8 Å². The zero-order valence-electron chi connectivity index (χ0n) is 22.1. The lowest BCUT2D eigenvalue weighted by atomic mass is 9.87. The van der Waals surface area contributed by atoms with Crippen molar-refractivity contribution >= 4 is 11.1 Å². The monoisotopic (exact) mass is 504 g/mol. The number of nitrogens with zero attached hydrogens (tertiary/aromatic N) is 1. The van der Waals surface area contributed by atoms with Gasteiger partial charge in [0, 0.05) is 32.7 Å². The first kappa shape index (κ1) is 25.8. The average Bonchev–Trinajstić information content (AvgIpc) is 2.98. The number of benzene rings is 4. The molecule has 2 N–H and O–H groups in total. The van der Waals surface area contributed by atoms with E-state index in [-0.39, 0.29) is 5.75 Å². The molecule has 0 unspecified atom stereocenters. The molecule has 1 aliphatic rings. The highest BCUT2D eigenvalue weighted by Gasteiger charge is 2.14. The second kappa shape index (κ2) is 12.6. The van der Waals surface area contributed by atoms with Gasteiger partial charge in [0.2, 0.25) is 0 Å². The van der Waals surface area contributed by atoms with Crippen molar-refractivity contribution in [1.29, 1.82) is 0 Å². The van der Waals surface area contributed by atoms with Crippen LogP contribution in [0.25, 0.3) is 22.3 Å². The molecule has 1 saturated heterocycles. The van der Waals surface area contributed by atoms with Gasteiger partial charge in [-0.05, 0) is 69.6 Å². The first-order chi connectivity index (χ1) is 18.7. The molecule has 0 radical (unpaired) electrons. The summed E-state index contributed by atoms with van der Waals surface area (Å²) >= 11 is 0. The SMILES string of the molecule is CCC(=C(c1ccc(OCCN2CCNCC2)cc1)c1ccc(-c2ccc(O)cc2)cc1)c1ccccc1. The Bertz CT molecular complexity index is 1320. The Balaban J connectivity index is 1.42. The molecule has 5 rings (SSSR count). The van der Waals surface area contributed by atoms with E-state index in [9.17, 15) is 5.11 Å². The molecule has 0 amide bonds. The lowest BCUT2D eigenvalue weighted by molar-refractivity contribution is 0.191. The minimum Gasteiger partial charge on any atom is -0.508 e. The molecule has 4 aromatic carbocycles. The molecule has 0 aliphatic carbocycles. The van der Waals surface area contributed by atoms with Crippen LogP contribution < -0.4 is 10.1 Å². The van der Waals surface area contributed by atoms with E-state index in [2.05, 4.69) is 96.0 Å². The molecule has 0 spiro atoms. The summed E-state index contributed by atoms with van der Waals surface area (Å²) in [5.74, 6) is 1.19. The first-order valence-corrected chi connectivity index (χ1v) is 13.6. The highest BCUT2D eigenvalue weighted by atomic mass is 16.5. The van der Waals surface area contributed by atoms with Crippen LogP contribution in [-0.2, 0) is 0 Å². The number of phenolic OH excluding ortho intramolecular Hbond substituents is 1. The van der Waals surface area contributed by atoms with Gasteiger partial charge >= 0.3 is 0 Å². The summed E-state index contributed by atoms with van der Waals surface area (Å²) in [6, 6.07) is 35.3. The Kier molecular flexibility index (Phi) is 8.54. The smallest absolute Gasteiger partial charge is 0.119 e. The zero-order chi connectivity index (χ0) is 26.2.